The molecule has 1 aliphatic carbocycles. The van der Waals surface area contributed by atoms with Crippen LogP contribution in [0.2, 0.25) is 5.28 Å². The Morgan fingerprint density at radius 2 is 2.33 bits per heavy atom. The van der Waals surface area contributed by atoms with Crippen LogP contribution in [-0.2, 0) is 6.54 Å². The summed E-state index contributed by atoms with van der Waals surface area (Å²) in [6, 6.07) is 5.89. The van der Waals surface area contributed by atoms with Crippen molar-refractivity contribution >= 4 is 28.5 Å². The van der Waals surface area contributed by atoms with Crippen LogP contribution in [0.5, 0.6) is 0 Å². The van der Waals surface area contributed by atoms with Crippen LogP contribution < -0.4 is 5.32 Å². The molecule has 4 nitrogen and oxygen atoms in total. The first kappa shape index (κ1) is 11.5. The standard InChI is InChI=1S/C13H14ClN3O/c1-2-17-11-6-3-8(7-10(11)16-13(17)14)12(18)15-9-4-5-9/h3,6-7,9H,2,4-5H2,1H3,(H,15,18). The van der Waals surface area contributed by atoms with Gasteiger partial charge in [-0.2, -0.15) is 0 Å². The van der Waals surface area contributed by atoms with E-state index in [0.717, 1.165) is 30.4 Å². The summed E-state index contributed by atoms with van der Waals surface area (Å²) in [6.45, 7) is 2.78. The van der Waals surface area contributed by atoms with Crippen LogP contribution in [0, 0.1) is 0 Å². The Morgan fingerprint density at radius 3 is 3.00 bits per heavy atom. The summed E-state index contributed by atoms with van der Waals surface area (Å²) in [5.41, 5.74) is 2.38. The summed E-state index contributed by atoms with van der Waals surface area (Å²) in [5, 5.41) is 3.43. The van der Waals surface area contributed by atoms with E-state index in [1.807, 2.05) is 23.6 Å². The minimum absolute atomic E-state index is 0.0263. The summed E-state index contributed by atoms with van der Waals surface area (Å²) in [5.74, 6) is -0.0263. The molecule has 94 valence electrons. The summed E-state index contributed by atoms with van der Waals surface area (Å²) < 4.78 is 1.92. The van der Waals surface area contributed by atoms with Crippen molar-refractivity contribution in [2.24, 2.45) is 0 Å². The third-order valence-electron chi connectivity index (χ3n) is 3.19. The highest BCUT2D eigenvalue weighted by molar-refractivity contribution is 6.29. The number of benzene rings is 1. The van der Waals surface area contributed by atoms with Crippen molar-refractivity contribution in [3.63, 3.8) is 0 Å². The number of imidazole rings is 1. The number of rotatable bonds is 3. The maximum Gasteiger partial charge on any atom is 0.251 e. The number of fused-ring (bicyclic) bond motifs is 1. The van der Waals surface area contributed by atoms with Gasteiger partial charge in [0.05, 0.1) is 11.0 Å². The fourth-order valence-corrected chi connectivity index (χ4v) is 2.34. The third kappa shape index (κ3) is 1.97. The lowest BCUT2D eigenvalue weighted by Crippen LogP contribution is -2.25. The average Bonchev–Trinajstić information content (AvgIpc) is 3.09. The Morgan fingerprint density at radius 1 is 1.56 bits per heavy atom. The number of nitrogens with zero attached hydrogens (tertiary/aromatic N) is 2. The number of carbonyl (C=O) groups is 1. The highest BCUT2D eigenvalue weighted by Crippen LogP contribution is 2.22. The summed E-state index contributed by atoms with van der Waals surface area (Å²) in [6.07, 6.45) is 2.18. The first-order valence-electron chi connectivity index (χ1n) is 6.15. The van der Waals surface area contributed by atoms with Gasteiger partial charge in [0.25, 0.3) is 5.91 Å². The van der Waals surface area contributed by atoms with Crippen molar-refractivity contribution in [1.82, 2.24) is 14.9 Å². The first-order chi connectivity index (χ1) is 8.69. The summed E-state index contributed by atoms with van der Waals surface area (Å²) >= 11 is 6.05. The van der Waals surface area contributed by atoms with E-state index >= 15 is 0 Å². The van der Waals surface area contributed by atoms with Crippen LogP contribution in [0.25, 0.3) is 11.0 Å². The topological polar surface area (TPSA) is 46.9 Å². The van der Waals surface area contributed by atoms with Gasteiger partial charge in [-0.15, -0.1) is 0 Å². The smallest absolute Gasteiger partial charge is 0.251 e. The lowest BCUT2D eigenvalue weighted by atomic mass is 10.2. The predicted octanol–water partition coefficient (Wildman–Crippen LogP) is 2.60. The maximum atomic E-state index is 11.9. The quantitative estimate of drug-likeness (QED) is 0.925. The van der Waals surface area contributed by atoms with E-state index < -0.39 is 0 Å². The SMILES string of the molecule is CCn1c(Cl)nc2cc(C(=O)NC3CC3)ccc21. The van der Waals surface area contributed by atoms with Crippen LogP contribution in [0.3, 0.4) is 0 Å². The van der Waals surface area contributed by atoms with E-state index in [1.165, 1.54) is 0 Å². The van der Waals surface area contributed by atoms with Gasteiger partial charge in [-0.1, -0.05) is 0 Å². The molecular weight excluding hydrogens is 250 g/mol. The molecule has 5 heteroatoms. The van der Waals surface area contributed by atoms with E-state index in [1.54, 1.807) is 6.07 Å². The van der Waals surface area contributed by atoms with Crippen molar-refractivity contribution in [2.45, 2.75) is 32.4 Å². The van der Waals surface area contributed by atoms with Gasteiger partial charge in [-0.05, 0) is 49.6 Å². The zero-order valence-corrected chi connectivity index (χ0v) is 10.9. The van der Waals surface area contributed by atoms with Gasteiger partial charge >= 0.3 is 0 Å². The number of aromatic nitrogens is 2. The Labute approximate surface area is 110 Å². The molecule has 0 atom stereocenters. The number of halogens is 1. The van der Waals surface area contributed by atoms with Crippen molar-refractivity contribution in [1.29, 1.82) is 0 Å². The molecule has 0 aliphatic heterocycles. The van der Waals surface area contributed by atoms with E-state index in [9.17, 15) is 4.79 Å². The molecule has 1 N–H and O–H groups in total. The Balaban J connectivity index is 1.97. The highest BCUT2D eigenvalue weighted by Gasteiger charge is 2.24. The second kappa shape index (κ2) is 4.28. The molecule has 0 spiro atoms. The molecule has 0 radical (unpaired) electrons. The molecule has 1 aromatic heterocycles. The van der Waals surface area contributed by atoms with Crippen LogP contribution >= 0.6 is 11.6 Å². The lowest BCUT2D eigenvalue weighted by Gasteiger charge is -2.04. The van der Waals surface area contributed by atoms with Crippen LogP contribution in [0.4, 0.5) is 0 Å². The molecule has 0 saturated heterocycles. The van der Waals surface area contributed by atoms with Gasteiger partial charge in [0.1, 0.15) is 0 Å². The Kier molecular flexibility index (Phi) is 2.74. The monoisotopic (exact) mass is 263 g/mol. The van der Waals surface area contributed by atoms with E-state index in [4.69, 9.17) is 11.6 Å². The zero-order chi connectivity index (χ0) is 12.7. The third-order valence-corrected chi connectivity index (χ3v) is 3.48. The minimum Gasteiger partial charge on any atom is -0.349 e. The van der Waals surface area contributed by atoms with E-state index in [0.29, 0.717) is 16.9 Å². The van der Waals surface area contributed by atoms with Gasteiger partial charge in [0.2, 0.25) is 5.28 Å². The van der Waals surface area contributed by atoms with Crippen molar-refractivity contribution < 1.29 is 4.79 Å². The predicted molar refractivity (Wildman–Crippen MR) is 70.9 cm³/mol. The maximum absolute atomic E-state index is 11.9. The van der Waals surface area contributed by atoms with Gasteiger partial charge in [0.15, 0.2) is 0 Å². The van der Waals surface area contributed by atoms with Crippen LogP contribution in [0.1, 0.15) is 30.1 Å². The molecule has 3 rings (SSSR count). The van der Waals surface area contributed by atoms with Crippen molar-refractivity contribution in [3.8, 4) is 0 Å². The fraction of sp³-hybridized carbons (Fsp3) is 0.385. The molecule has 0 unspecified atom stereocenters. The molecule has 1 heterocycles. The van der Waals surface area contributed by atoms with E-state index in [2.05, 4.69) is 10.3 Å². The lowest BCUT2D eigenvalue weighted by molar-refractivity contribution is 0.0951. The second-order valence-electron chi connectivity index (χ2n) is 4.58. The number of amides is 1. The van der Waals surface area contributed by atoms with Crippen molar-refractivity contribution in [3.05, 3.63) is 29.0 Å². The molecule has 2 aromatic rings. The minimum atomic E-state index is -0.0263. The molecule has 0 bridgehead atoms. The first-order valence-corrected chi connectivity index (χ1v) is 6.53. The molecule has 1 aliphatic rings. The molecule has 1 aromatic carbocycles. The number of hydrogen-bond acceptors (Lipinski definition) is 2. The van der Waals surface area contributed by atoms with Gasteiger partial charge in [-0.25, -0.2) is 4.98 Å². The summed E-state index contributed by atoms with van der Waals surface area (Å²) in [4.78, 5) is 16.2. The van der Waals surface area contributed by atoms with Crippen LogP contribution in [-0.4, -0.2) is 21.5 Å². The molecular formula is C13H14ClN3O. The summed E-state index contributed by atoms with van der Waals surface area (Å²) in [7, 11) is 0. The molecule has 1 saturated carbocycles. The number of carbonyl (C=O) groups excluding carboxylic acids is 1. The number of hydrogen-bond donors (Lipinski definition) is 1. The molecule has 1 fully saturated rings. The fourth-order valence-electron chi connectivity index (χ4n) is 2.04. The van der Waals surface area contributed by atoms with Crippen molar-refractivity contribution in [2.75, 3.05) is 0 Å². The largest absolute Gasteiger partial charge is 0.349 e. The Bertz CT molecular complexity index is 616. The van der Waals surface area contributed by atoms with E-state index in [-0.39, 0.29) is 5.91 Å². The highest BCUT2D eigenvalue weighted by atomic mass is 35.5. The van der Waals surface area contributed by atoms with Gasteiger partial charge in [-0.3, -0.25) is 4.79 Å². The zero-order valence-electron chi connectivity index (χ0n) is 10.1. The molecule has 18 heavy (non-hydrogen) atoms. The normalized spacial score (nSPS) is 15.0. The van der Waals surface area contributed by atoms with Gasteiger partial charge in [0, 0.05) is 18.2 Å². The average molecular weight is 264 g/mol. The second-order valence-corrected chi connectivity index (χ2v) is 4.91. The van der Waals surface area contributed by atoms with Gasteiger partial charge < -0.3 is 9.88 Å². The van der Waals surface area contributed by atoms with Crippen LogP contribution in [0.15, 0.2) is 18.2 Å². The number of nitrogens with one attached hydrogen (secondary N) is 1. The molecule has 1 amide bonds. The number of aryl methyl sites for hydroxylation is 1. The Hall–Kier alpha value is -1.55.